The minimum Gasteiger partial charge on any atom is -0.497 e. The van der Waals surface area contributed by atoms with Crippen LogP contribution in [0.15, 0.2) is 42.9 Å². The highest BCUT2D eigenvalue weighted by molar-refractivity contribution is 6.04. The molecule has 1 N–H and O–H groups in total. The lowest BCUT2D eigenvalue weighted by Crippen LogP contribution is -2.30. The maximum absolute atomic E-state index is 12.7. The van der Waals surface area contributed by atoms with Crippen molar-refractivity contribution in [3.05, 3.63) is 65.8 Å². The van der Waals surface area contributed by atoms with Crippen molar-refractivity contribution in [1.82, 2.24) is 24.4 Å². The zero-order valence-electron chi connectivity index (χ0n) is 17.7. The van der Waals surface area contributed by atoms with Crippen molar-refractivity contribution in [3.8, 4) is 5.75 Å². The molecule has 3 aromatic rings. The molecule has 9 heteroatoms. The number of hydrogen-bond acceptors (Lipinski definition) is 6. The van der Waals surface area contributed by atoms with E-state index in [0.29, 0.717) is 47.4 Å². The van der Waals surface area contributed by atoms with Gasteiger partial charge in [-0.15, -0.1) is 0 Å². The quantitative estimate of drug-likeness (QED) is 0.680. The Morgan fingerprint density at radius 3 is 2.61 bits per heavy atom. The smallest absolute Gasteiger partial charge is 0.289 e. The Labute approximate surface area is 180 Å². The molecular formula is C22H24N6O3. The monoisotopic (exact) mass is 420 g/mol. The number of ether oxygens (including phenoxy) is 1. The number of benzene rings is 1. The second kappa shape index (κ2) is 8.55. The van der Waals surface area contributed by atoms with Crippen molar-refractivity contribution in [2.45, 2.75) is 19.3 Å². The Balaban J connectivity index is 1.43. The molecule has 0 bridgehead atoms. The van der Waals surface area contributed by atoms with Crippen LogP contribution in [0.3, 0.4) is 0 Å². The summed E-state index contributed by atoms with van der Waals surface area (Å²) in [5.41, 5.74) is 1.68. The van der Waals surface area contributed by atoms with Gasteiger partial charge < -0.3 is 19.5 Å². The molecule has 1 fully saturated rings. The standard InChI is InChI=1S/C22H24N6O3/c1-14-18(21(29)26-16-4-6-17(31-3)7-5-16)12-24-19(25-14)15-8-10-28(13-15)22(30)20-23-9-11-27(20)2/h4-7,9,11-12,15H,8,10,13H2,1-3H3,(H,26,29). The number of carbonyl (C=O) groups is 2. The normalized spacial score (nSPS) is 15.7. The van der Waals surface area contributed by atoms with Gasteiger partial charge in [-0.2, -0.15) is 0 Å². The van der Waals surface area contributed by atoms with Crippen LogP contribution in [0.1, 0.15) is 44.8 Å². The lowest BCUT2D eigenvalue weighted by Gasteiger charge is -2.16. The van der Waals surface area contributed by atoms with Crippen LogP contribution in [-0.2, 0) is 7.05 Å². The molecule has 0 radical (unpaired) electrons. The summed E-state index contributed by atoms with van der Waals surface area (Å²) >= 11 is 0. The zero-order chi connectivity index (χ0) is 22.0. The number of anilines is 1. The van der Waals surface area contributed by atoms with E-state index in [1.54, 1.807) is 73.4 Å². The molecule has 4 rings (SSSR count). The molecule has 0 saturated carbocycles. The van der Waals surface area contributed by atoms with Gasteiger partial charge in [0, 0.05) is 50.3 Å². The molecular weight excluding hydrogens is 396 g/mol. The van der Waals surface area contributed by atoms with Crippen molar-refractivity contribution in [2.24, 2.45) is 7.05 Å². The predicted octanol–water partition coefficient (Wildman–Crippen LogP) is 2.41. The third-order valence-corrected chi connectivity index (χ3v) is 5.44. The van der Waals surface area contributed by atoms with Crippen LogP contribution in [0.2, 0.25) is 0 Å². The number of nitrogens with one attached hydrogen (secondary N) is 1. The van der Waals surface area contributed by atoms with E-state index >= 15 is 0 Å². The van der Waals surface area contributed by atoms with E-state index in [2.05, 4.69) is 20.3 Å². The van der Waals surface area contributed by atoms with Gasteiger partial charge in [-0.05, 0) is 37.6 Å². The zero-order valence-corrected chi connectivity index (χ0v) is 17.7. The van der Waals surface area contributed by atoms with E-state index in [1.165, 1.54) is 0 Å². The summed E-state index contributed by atoms with van der Waals surface area (Å²) in [6, 6.07) is 7.10. The van der Waals surface area contributed by atoms with Crippen molar-refractivity contribution < 1.29 is 14.3 Å². The minimum atomic E-state index is -0.271. The Hall–Kier alpha value is -3.75. The Morgan fingerprint density at radius 2 is 1.97 bits per heavy atom. The summed E-state index contributed by atoms with van der Waals surface area (Å²) in [4.78, 5) is 40.2. The predicted molar refractivity (Wildman–Crippen MR) is 114 cm³/mol. The summed E-state index contributed by atoms with van der Waals surface area (Å²) in [5.74, 6) is 1.45. The fourth-order valence-corrected chi connectivity index (χ4v) is 3.65. The van der Waals surface area contributed by atoms with Crippen molar-refractivity contribution >= 4 is 17.5 Å². The number of nitrogens with zero attached hydrogens (tertiary/aromatic N) is 5. The lowest BCUT2D eigenvalue weighted by molar-refractivity contribution is 0.0774. The SMILES string of the molecule is COc1ccc(NC(=O)c2cnc(C3CCN(C(=O)c4nccn4C)C3)nc2C)cc1. The molecule has 2 amide bonds. The molecule has 1 saturated heterocycles. The molecule has 9 nitrogen and oxygen atoms in total. The second-order valence-corrected chi connectivity index (χ2v) is 7.51. The number of amides is 2. The molecule has 31 heavy (non-hydrogen) atoms. The van der Waals surface area contributed by atoms with Crippen LogP contribution < -0.4 is 10.1 Å². The number of aromatic nitrogens is 4. The molecule has 3 heterocycles. The number of imidazole rings is 1. The van der Waals surface area contributed by atoms with Gasteiger partial charge >= 0.3 is 0 Å². The maximum atomic E-state index is 12.7. The van der Waals surface area contributed by atoms with Crippen molar-refractivity contribution in [1.29, 1.82) is 0 Å². The Kier molecular flexibility index (Phi) is 5.66. The minimum absolute atomic E-state index is 0.0293. The first-order valence-corrected chi connectivity index (χ1v) is 10.0. The van der Waals surface area contributed by atoms with Gasteiger partial charge in [-0.3, -0.25) is 9.59 Å². The van der Waals surface area contributed by atoms with Crippen LogP contribution >= 0.6 is 0 Å². The maximum Gasteiger partial charge on any atom is 0.289 e. The molecule has 1 aliphatic heterocycles. The van der Waals surface area contributed by atoms with Gasteiger partial charge in [0.15, 0.2) is 5.82 Å². The fourth-order valence-electron chi connectivity index (χ4n) is 3.65. The van der Waals surface area contributed by atoms with Crippen LogP contribution in [0.25, 0.3) is 0 Å². The summed E-state index contributed by atoms with van der Waals surface area (Å²) in [6.45, 7) is 2.95. The summed E-state index contributed by atoms with van der Waals surface area (Å²) < 4.78 is 6.84. The topological polar surface area (TPSA) is 102 Å². The van der Waals surface area contributed by atoms with Crippen molar-refractivity contribution in [2.75, 3.05) is 25.5 Å². The van der Waals surface area contributed by atoms with E-state index in [1.807, 2.05) is 0 Å². The average molecular weight is 420 g/mol. The summed E-state index contributed by atoms with van der Waals surface area (Å²) in [7, 11) is 3.39. The number of methoxy groups -OCH3 is 1. The molecule has 1 aromatic carbocycles. The molecule has 1 aliphatic rings. The average Bonchev–Trinajstić information content (AvgIpc) is 3.43. The van der Waals surface area contributed by atoms with Crippen LogP contribution in [0.5, 0.6) is 5.75 Å². The number of aryl methyl sites for hydroxylation is 2. The third-order valence-electron chi connectivity index (χ3n) is 5.44. The van der Waals surface area contributed by atoms with E-state index in [0.717, 1.165) is 6.42 Å². The van der Waals surface area contributed by atoms with E-state index in [-0.39, 0.29) is 17.7 Å². The summed E-state index contributed by atoms with van der Waals surface area (Å²) in [5, 5.41) is 2.85. The Bertz CT molecular complexity index is 1110. The largest absolute Gasteiger partial charge is 0.497 e. The van der Waals surface area contributed by atoms with E-state index < -0.39 is 0 Å². The van der Waals surface area contributed by atoms with Gasteiger partial charge in [-0.1, -0.05) is 0 Å². The molecule has 0 aliphatic carbocycles. The van der Waals surface area contributed by atoms with Crippen molar-refractivity contribution in [3.63, 3.8) is 0 Å². The number of rotatable bonds is 5. The lowest BCUT2D eigenvalue weighted by atomic mass is 10.1. The number of hydrogen-bond donors (Lipinski definition) is 1. The van der Waals surface area contributed by atoms with Gasteiger partial charge in [0.05, 0.1) is 18.4 Å². The van der Waals surface area contributed by atoms with Crippen LogP contribution in [-0.4, -0.2) is 56.4 Å². The van der Waals surface area contributed by atoms with Gasteiger partial charge in [0.1, 0.15) is 11.6 Å². The van der Waals surface area contributed by atoms with E-state index in [9.17, 15) is 9.59 Å². The molecule has 0 spiro atoms. The summed E-state index contributed by atoms with van der Waals surface area (Å²) in [6.07, 6.45) is 5.69. The highest BCUT2D eigenvalue weighted by atomic mass is 16.5. The number of carbonyl (C=O) groups excluding carboxylic acids is 2. The first kappa shape index (κ1) is 20.5. The highest BCUT2D eigenvalue weighted by Crippen LogP contribution is 2.26. The van der Waals surface area contributed by atoms with Crippen LogP contribution in [0, 0.1) is 6.92 Å². The third kappa shape index (κ3) is 4.25. The highest BCUT2D eigenvalue weighted by Gasteiger charge is 2.31. The number of likely N-dealkylation sites (tertiary alicyclic amines) is 1. The molecule has 2 aromatic heterocycles. The van der Waals surface area contributed by atoms with Gasteiger partial charge in [0.2, 0.25) is 0 Å². The molecule has 1 atom stereocenters. The first-order chi connectivity index (χ1) is 15.0. The Morgan fingerprint density at radius 1 is 1.19 bits per heavy atom. The first-order valence-electron chi connectivity index (χ1n) is 10.0. The van der Waals surface area contributed by atoms with E-state index in [4.69, 9.17) is 4.74 Å². The molecule has 160 valence electrons. The van der Waals surface area contributed by atoms with Gasteiger partial charge in [-0.25, -0.2) is 15.0 Å². The molecule has 1 unspecified atom stereocenters. The second-order valence-electron chi connectivity index (χ2n) is 7.51. The van der Waals surface area contributed by atoms with Crippen LogP contribution in [0.4, 0.5) is 5.69 Å². The fraction of sp³-hybridized carbons (Fsp3) is 0.318. The van der Waals surface area contributed by atoms with Gasteiger partial charge in [0.25, 0.3) is 11.8 Å².